The Morgan fingerprint density at radius 1 is 1.33 bits per heavy atom. The normalized spacial score (nSPS) is 10.4. The van der Waals surface area contributed by atoms with Crippen LogP contribution >= 0.6 is 11.3 Å². The fourth-order valence-electron chi connectivity index (χ4n) is 2.33. The fraction of sp³-hybridized carbons (Fsp3) is 0.111. The molecule has 0 radical (unpaired) electrons. The van der Waals surface area contributed by atoms with Crippen LogP contribution in [0.3, 0.4) is 0 Å². The van der Waals surface area contributed by atoms with Gasteiger partial charge in [-0.15, -0.1) is 0 Å². The van der Waals surface area contributed by atoms with Crippen LogP contribution in [0, 0.1) is 5.82 Å². The van der Waals surface area contributed by atoms with Crippen molar-refractivity contribution in [3.05, 3.63) is 70.3 Å². The maximum Gasteiger partial charge on any atom is 0.251 e. The van der Waals surface area contributed by atoms with Crippen molar-refractivity contribution in [3.63, 3.8) is 0 Å². The smallest absolute Gasteiger partial charge is 0.251 e. The lowest BCUT2D eigenvalue weighted by Crippen LogP contribution is -2.23. The van der Waals surface area contributed by atoms with E-state index in [9.17, 15) is 9.18 Å². The summed E-state index contributed by atoms with van der Waals surface area (Å²) in [6.45, 7) is 0.311. The van der Waals surface area contributed by atoms with E-state index in [0.717, 1.165) is 22.9 Å². The van der Waals surface area contributed by atoms with Crippen molar-refractivity contribution < 1.29 is 13.9 Å². The molecule has 1 amide bonds. The number of hydrogen-bond acceptors (Lipinski definition) is 4. The number of rotatable bonds is 5. The van der Waals surface area contributed by atoms with Gasteiger partial charge in [0.15, 0.2) is 11.6 Å². The van der Waals surface area contributed by atoms with E-state index in [1.165, 1.54) is 19.2 Å². The first-order chi connectivity index (χ1) is 11.7. The Kier molecular flexibility index (Phi) is 4.86. The molecule has 0 spiro atoms. The number of carbonyl (C=O) groups excluding carboxylic acids is 1. The van der Waals surface area contributed by atoms with Crippen molar-refractivity contribution in [3.8, 4) is 17.0 Å². The standard InChI is InChI=1S/C18H15FN2O2S/c1-23-16-5-4-12(9-15(16)19)18(22)21-10-13-3-2-7-20-17(13)14-6-8-24-11-14/h2-9,11H,10H2,1H3,(H,21,22). The van der Waals surface area contributed by atoms with Crippen LogP contribution in [0.25, 0.3) is 11.3 Å². The first-order valence-corrected chi connectivity index (χ1v) is 8.21. The molecule has 1 N–H and O–H groups in total. The molecule has 0 unspecified atom stereocenters. The van der Waals surface area contributed by atoms with Gasteiger partial charge in [-0.3, -0.25) is 9.78 Å². The monoisotopic (exact) mass is 342 g/mol. The van der Waals surface area contributed by atoms with Gasteiger partial charge in [0, 0.05) is 29.2 Å². The van der Waals surface area contributed by atoms with Gasteiger partial charge in [0.05, 0.1) is 12.8 Å². The van der Waals surface area contributed by atoms with Gasteiger partial charge in [0.1, 0.15) is 0 Å². The second kappa shape index (κ2) is 7.23. The van der Waals surface area contributed by atoms with Crippen LogP contribution in [-0.4, -0.2) is 18.0 Å². The zero-order valence-corrected chi connectivity index (χ0v) is 13.8. The van der Waals surface area contributed by atoms with Gasteiger partial charge in [-0.2, -0.15) is 11.3 Å². The third kappa shape index (κ3) is 3.44. The maximum atomic E-state index is 13.7. The average Bonchev–Trinajstić information content (AvgIpc) is 3.14. The van der Waals surface area contributed by atoms with Crippen LogP contribution in [0.4, 0.5) is 4.39 Å². The highest BCUT2D eigenvalue weighted by molar-refractivity contribution is 7.08. The lowest BCUT2D eigenvalue weighted by Gasteiger charge is -2.10. The summed E-state index contributed by atoms with van der Waals surface area (Å²) in [6.07, 6.45) is 1.72. The van der Waals surface area contributed by atoms with Crippen molar-refractivity contribution in [2.45, 2.75) is 6.54 Å². The van der Waals surface area contributed by atoms with Crippen LogP contribution in [0.15, 0.2) is 53.4 Å². The first kappa shape index (κ1) is 16.1. The highest BCUT2D eigenvalue weighted by Crippen LogP contribution is 2.23. The molecule has 0 aliphatic heterocycles. The van der Waals surface area contributed by atoms with E-state index in [0.29, 0.717) is 6.54 Å². The van der Waals surface area contributed by atoms with E-state index < -0.39 is 5.82 Å². The number of ether oxygens (including phenoxy) is 1. The number of thiophene rings is 1. The minimum atomic E-state index is -0.564. The van der Waals surface area contributed by atoms with Crippen molar-refractivity contribution >= 4 is 17.2 Å². The second-order valence-corrected chi connectivity index (χ2v) is 5.84. The largest absolute Gasteiger partial charge is 0.494 e. The Bertz CT molecular complexity index is 850. The molecule has 3 rings (SSSR count). The molecule has 0 fully saturated rings. The van der Waals surface area contributed by atoms with Gasteiger partial charge in [0.25, 0.3) is 5.91 Å². The third-order valence-corrected chi connectivity index (χ3v) is 4.22. The zero-order chi connectivity index (χ0) is 16.9. The predicted octanol–water partition coefficient (Wildman–Crippen LogP) is 3.89. The SMILES string of the molecule is COc1ccc(C(=O)NCc2cccnc2-c2ccsc2)cc1F. The van der Waals surface area contributed by atoms with E-state index in [4.69, 9.17) is 4.74 Å². The number of benzene rings is 1. The summed E-state index contributed by atoms with van der Waals surface area (Å²) in [4.78, 5) is 16.6. The molecule has 4 nitrogen and oxygen atoms in total. The summed E-state index contributed by atoms with van der Waals surface area (Å²) >= 11 is 1.59. The number of amides is 1. The topological polar surface area (TPSA) is 51.2 Å². The molecule has 122 valence electrons. The number of carbonyl (C=O) groups is 1. The second-order valence-electron chi connectivity index (χ2n) is 5.06. The third-order valence-electron chi connectivity index (χ3n) is 3.54. The molecule has 6 heteroatoms. The van der Waals surface area contributed by atoms with Gasteiger partial charge in [0.2, 0.25) is 0 Å². The maximum absolute atomic E-state index is 13.7. The van der Waals surface area contributed by atoms with Crippen LogP contribution in [0.5, 0.6) is 5.75 Å². The van der Waals surface area contributed by atoms with E-state index in [1.54, 1.807) is 17.5 Å². The molecule has 0 saturated heterocycles. The van der Waals surface area contributed by atoms with Crippen LogP contribution in [0.1, 0.15) is 15.9 Å². The van der Waals surface area contributed by atoms with Crippen LogP contribution < -0.4 is 10.1 Å². The number of aromatic nitrogens is 1. The number of nitrogens with zero attached hydrogens (tertiary/aromatic N) is 1. The summed E-state index contributed by atoms with van der Waals surface area (Å²) in [7, 11) is 1.38. The molecule has 0 aliphatic rings. The number of hydrogen-bond donors (Lipinski definition) is 1. The summed E-state index contributed by atoms with van der Waals surface area (Å²) in [5.41, 5.74) is 2.99. The molecular weight excluding hydrogens is 327 g/mol. The first-order valence-electron chi connectivity index (χ1n) is 7.27. The highest BCUT2D eigenvalue weighted by Gasteiger charge is 2.12. The van der Waals surface area contributed by atoms with E-state index in [2.05, 4.69) is 10.3 Å². The summed E-state index contributed by atoms with van der Waals surface area (Å²) in [5.74, 6) is -0.805. The van der Waals surface area contributed by atoms with Gasteiger partial charge in [-0.1, -0.05) is 6.07 Å². The average molecular weight is 342 g/mol. The lowest BCUT2D eigenvalue weighted by molar-refractivity contribution is 0.0950. The van der Waals surface area contributed by atoms with Gasteiger partial charge < -0.3 is 10.1 Å². The van der Waals surface area contributed by atoms with Crippen molar-refractivity contribution in [2.24, 2.45) is 0 Å². The zero-order valence-electron chi connectivity index (χ0n) is 13.0. The predicted molar refractivity (Wildman–Crippen MR) is 91.7 cm³/mol. The molecule has 3 aromatic rings. The Morgan fingerprint density at radius 3 is 2.92 bits per heavy atom. The Balaban J connectivity index is 1.74. The quantitative estimate of drug-likeness (QED) is 0.765. The van der Waals surface area contributed by atoms with Crippen LogP contribution in [-0.2, 0) is 6.54 Å². The van der Waals surface area contributed by atoms with Crippen molar-refractivity contribution in [1.82, 2.24) is 10.3 Å². The Hall–Kier alpha value is -2.73. The molecule has 0 bridgehead atoms. The number of methoxy groups -OCH3 is 1. The van der Waals surface area contributed by atoms with E-state index in [-0.39, 0.29) is 17.2 Å². The number of pyridine rings is 1. The molecule has 0 saturated carbocycles. The molecular formula is C18H15FN2O2S. The van der Waals surface area contributed by atoms with Gasteiger partial charge >= 0.3 is 0 Å². The van der Waals surface area contributed by atoms with Gasteiger partial charge in [-0.05, 0) is 41.3 Å². The Morgan fingerprint density at radius 2 is 2.21 bits per heavy atom. The fourth-order valence-corrected chi connectivity index (χ4v) is 2.97. The molecule has 2 aromatic heterocycles. The summed E-state index contributed by atoms with van der Waals surface area (Å²) in [5, 5.41) is 6.78. The van der Waals surface area contributed by atoms with Crippen LogP contribution in [0.2, 0.25) is 0 Å². The van der Waals surface area contributed by atoms with Gasteiger partial charge in [-0.25, -0.2) is 4.39 Å². The summed E-state index contributed by atoms with van der Waals surface area (Å²) in [6, 6.07) is 9.85. The molecule has 24 heavy (non-hydrogen) atoms. The Labute approximate surface area is 142 Å². The van der Waals surface area contributed by atoms with E-state index >= 15 is 0 Å². The molecule has 1 aromatic carbocycles. The summed E-state index contributed by atoms with van der Waals surface area (Å²) < 4.78 is 18.6. The minimum absolute atomic E-state index is 0.110. The number of nitrogens with one attached hydrogen (secondary N) is 1. The molecule has 0 aliphatic carbocycles. The lowest BCUT2D eigenvalue weighted by atomic mass is 10.1. The van der Waals surface area contributed by atoms with Crippen molar-refractivity contribution in [2.75, 3.05) is 7.11 Å². The van der Waals surface area contributed by atoms with E-state index in [1.807, 2.05) is 29.0 Å². The molecule has 0 atom stereocenters. The molecule has 2 heterocycles. The van der Waals surface area contributed by atoms with Crippen molar-refractivity contribution in [1.29, 1.82) is 0 Å². The number of halogens is 1. The highest BCUT2D eigenvalue weighted by atomic mass is 32.1. The minimum Gasteiger partial charge on any atom is -0.494 e.